The normalized spacial score (nSPS) is 27.6. The van der Waals surface area contributed by atoms with Gasteiger partial charge in [0.2, 0.25) is 0 Å². The van der Waals surface area contributed by atoms with Crippen LogP contribution in [0.4, 0.5) is 0 Å². The number of nitrogens with one attached hydrogen (secondary N) is 1. The largest absolute Gasteiger partial charge is 0.378 e. The van der Waals surface area contributed by atoms with Crippen LogP contribution in [0.1, 0.15) is 32.6 Å². The van der Waals surface area contributed by atoms with Crippen molar-refractivity contribution in [2.45, 2.75) is 44.8 Å². The number of hydrogen-bond acceptors (Lipinski definition) is 4. The van der Waals surface area contributed by atoms with E-state index in [1.54, 1.807) is 0 Å². The fourth-order valence-electron chi connectivity index (χ4n) is 2.67. The van der Waals surface area contributed by atoms with Crippen LogP contribution in [-0.2, 0) is 14.3 Å². The number of carbonyl (C=O) groups excluding carboxylic acids is 1. The fraction of sp³-hybridized carbons (Fsp3) is 0.929. The van der Waals surface area contributed by atoms with Crippen molar-refractivity contribution in [1.82, 2.24) is 10.2 Å². The highest BCUT2D eigenvalue weighted by atomic mass is 35.5. The molecule has 2 unspecified atom stereocenters. The molecule has 6 heteroatoms. The van der Waals surface area contributed by atoms with Crippen molar-refractivity contribution in [3.8, 4) is 0 Å². The summed E-state index contributed by atoms with van der Waals surface area (Å²) in [4.78, 5) is 14.3. The standard InChI is InChI=1S/C14H26N2O3.ClH/c1-2-9-18-12-4-3-7-16(8-5-12)14(17)13-11-15-6-10-19-13;/h12-13,15H,2-11H2,1H3;1H. The number of ether oxygens (including phenoxy) is 2. The lowest BCUT2D eigenvalue weighted by Gasteiger charge is -2.29. The Morgan fingerprint density at radius 1 is 1.40 bits per heavy atom. The van der Waals surface area contributed by atoms with Crippen molar-refractivity contribution in [1.29, 1.82) is 0 Å². The first-order valence-corrected chi connectivity index (χ1v) is 7.54. The van der Waals surface area contributed by atoms with Crippen molar-refractivity contribution in [3.05, 3.63) is 0 Å². The Labute approximate surface area is 127 Å². The van der Waals surface area contributed by atoms with E-state index >= 15 is 0 Å². The molecule has 2 fully saturated rings. The molecule has 0 aromatic heterocycles. The van der Waals surface area contributed by atoms with Crippen molar-refractivity contribution in [2.75, 3.05) is 39.4 Å². The summed E-state index contributed by atoms with van der Waals surface area (Å²) in [6, 6.07) is 0. The van der Waals surface area contributed by atoms with Gasteiger partial charge in [0.05, 0.1) is 12.7 Å². The van der Waals surface area contributed by atoms with E-state index in [9.17, 15) is 4.79 Å². The minimum Gasteiger partial charge on any atom is -0.378 e. The van der Waals surface area contributed by atoms with Crippen molar-refractivity contribution in [3.63, 3.8) is 0 Å². The van der Waals surface area contributed by atoms with Gasteiger partial charge in [-0.2, -0.15) is 0 Å². The molecule has 2 aliphatic heterocycles. The van der Waals surface area contributed by atoms with Gasteiger partial charge in [0.15, 0.2) is 0 Å². The Kier molecular flexibility index (Phi) is 8.45. The SMILES string of the molecule is CCCOC1CCCN(C(=O)C2CNCCO2)CC1.Cl. The second-order valence-corrected chi connectivity index (χ2v) is 5.31. The third-order valence-electron chi connectivity index (χ3n) is 3.75. The summed E-state index contributed by atoms with van der Waals surface area (Å²) in [5.74, 6) is 0.142. The zero-order chi connectivity index (χ0) is 13.5. The van der Waals surface area contributed by atoms with Gasteiger partial charge in [-0.15, -0.1) is 12.4 Å². The average Bonchev–Trinajstić information content (AvgIpc) is 2.71. The lowest BCUT2D eigenvalue weighted by molar-refractivity contribution is -0.145. The van der Waals surface area contributed by atoms with Crippen LogP contribution in [0.2, 0.25) is 0 Å². The van der Waals surface area contributed by atoms with Crippen molar-refractivity contribution < 1.29 is 14.3 Å². The molecule has 2 rings (SSSR count). The molecule has 118 valence electrons. The second kappa shape index (κ2) is 9.55. The number of hydrogen-bond donors (Lipinski definition) is 1. The topological polar surface area (TPSA) is 50.8 Å². The zero-order valence-corrected chi connectivity index (χ0v) is 13.1. The molecule has 5 nitrogen and oxygen atoms in total. The molecule has 20 heavy (non-hydrogen) atoms. The maximum absolute atomic E-state index is 12.3. The molecular formula is C14H27ClN2O3. The van der Waals surface area contributed by atoms with Crippen LogP contribution in [0.5, 0.6) is 0 Å². The van der Waals surface area contributed by atoms with Gasteiger partial charge in [-0.25, -0.2) is 0 Å². The third-order valence-corrected chi connectivity index (χ3v) is 3.75. The van der Waals surface area contributed by atoms with Gasteiger partial charge in [-0.3, -0.25) is 4.79 Å². The summed E-state index contributed by atoms with van der Waals surface area (Å²) in [6.45, 7) is 6.71. The maximum atomic E-state index is 12.3. The Bertz CT molecular complexity index is 286. The molecule has 2 saturated heterocycles. The van der Waals surface area contributed by atoms with Crippen LogP contribution in [-0.4, -0.2) is 62.4 Å². The molecule has 0 spiro atoms. The van der Waals surface area contributed by atoms with Gasteiger partial charge in [0.25, 0.3) is 5.91 Å². The number of morpholine rings is 1. The van der Waals surface area contributed by atoms with Crippen LogP contribution in [0.3, 0.4) is 0 Å². The van der Waals surface area contributed by atoms with Crippen molar-refractivity contribution in [2.24, 2.45) is 0 Å². The number of halogens is 1. The zero-order valence-electron chi connectivity index (χ0n) is 12.3. The second-order valence-electron chi connectivity index (χ2n) is 5.31. The molecule has 1 amide bonds. The predicted octanol–water partition coefficient (Wildman–Crippen LogP) is 1.20. The summed E-state index contributed by atoms with van der Waals surface area (Å²) < 4.78 is 11.3. The smallest absolute Gasteiger partial charge is 0.253 e. The first-order valence-electron chi connectivity index (χ1n) is 7.54. The fourth-order valence-corrected chi connectivity index (χ4v) is 2.67. The molecule has 1 N–H and O–H groups in total. The molecular weight excluding hydrogens is 280 g/mol. The number of amides is 1. The monoisotopic (exact) mass is 306 g/mol. The summed E-state index contributed by atoms with van der Waals surface area (Å²) in [5, 5.41) is 3.21. The summed E-state index contributed by atoms with van der Waals surface area (Å²) in [7, 11) is 0. The minimum absolute atomic E-state index is 0. The highest BCUT2D eigenvalue weighted by molar-refractivity contribution is 5.85. The molecule has 2 aliphatic rings. The van der Waals surface area contributed by atoms with Crippen LogP contribution in [0.25, 0.3) is 0 Å². The third kappa shape index (κ3) is 5.20. The Balaban J connectivity index is 0.00000200. The number of carbonyl (C=O) groups is 1. The maximum Gasteiger partial charge on any atom is 0.253 e. The Morgan fingerprint density at radius 2 is 2.25 bits per heavy atom. The molecule has 2 atom stereocenters. The van der Waals surface area contributed by atoms with E-state index in [0.29, 0.717) is 19.3 Å². The highest BCUT2D eigenvalue weighted by Crippen LogP contribution is 2.16. The first-order chi connectivity index (χ1) is 9.31. The van der Waals surface area contributed by atoms with E-state index in [1.165, 1.54) is 0 Å². The van der Waals surface area contributed by atoms with Gasteiger partial charge < -0.3 is 19.7 Å². The minimum atomic E-state index is -0.290. The van der Waals surface area contributed by atoms with E-state index in [0.717, 1.165) is 51.9 Å². The first kappa shape index (κ1) is 17.7. The number of nitrogens with zero attached hydrogens (tertiary/aromatic N) is 1. The van der Waals surface area contributed by atoms with E-state index in [1.807, 2.05) is 4.90 Å². The Hall–Kier alpha value is -0.360. The molecule has 0 saturated carbocycles. The highest BCUT2D eigenvalue weighted by Gasteiger charge is 2.28. The van der Waals surface area contributed by atoms with Crippen LogP contribution >= 0.6 is 12.4 Å². The van der Waals surface area contributed by atoms with Crippen LogP contribution < -0.4 is 5.32 Å². The molecule has 0 aromatic carbocycles. The van der Waals surface area contributed by atoms with Gasteiger partial charge in [-0.1, -0.05) is 6.92 Å². The van der Waals surface area contributed by atoms with Gasteiger partial charge in [-0.05, 0) is 25.7 Å². The Morgan fingerprint density at radius 3 is 2.95 bits per heavy atom. The van der Waals surface area contributed by atoms with Gasteiger partial charge >= 0.3 is 0 Å². The van der Waals surface area contributed by atoms with E-state index in [4.69, 9.17) is 9.47 Å². The molecule has 0 aliphatic carbocycles. The number of rotatable bonds is 4. The lowest BCUT2D eigenvalue weighted by Crippen LogP contribution is -2.49. The molecule has 0 bridgehead atoms. The number of likely N-dealkylation sites (tertiary alicyclic amines) is 1. The quantitative estimate of drug-likeness (QED) is 0.848. The summed E-state index contributed by atoms with van der Waals surface area (Å²) >= 11 is 0. The predicted molar refractivity (Wildman–Crippen MR) is 80.3 cm³/mol. The van der Waals surface area contributed by atoms with Crippen molar-refractivity contribution >= 4 is 18.3 Å². The van der Waals surface area contributed by atoms with Crippen LogP contribution in [0.15, 0.2) is 0 Å². The van der Waals surface area contributed by atoms with E-state index in [2.05, 4.69) is 12.2 Å². The molecule has 2 heterocycles. The molecule has 0 aromatic rings. The van der Waals surface area contributed by atoms with Crippen LogP contribution in [0, 0.1) is 0 Å². The van der Waals surface area contributed by atoms with Gasteiger partial charge in [0, 0.05) is 32.8 Å². The van der Waals surface area contributed by atoms with Gasteiger partial charge in [0.1, 0.15) is 6.10 Å². The lowest BCUT2D eigenvalue weighted by atomic mass is 10.1. The molecule has 0 radical (unpaired) electrons. The van der Waals surface area contributed by atoms with E-state index < -0.39 is 0 Å². The average molecular weight is 307 g/mol. The van der Waals surface area contributed by atoms with E-state index in [-0.39, 0.29) is 24.4 Å². The summed E-state index contributed by atoms with van der Waals surface area (Å²) in [5.41, 5.74) is 0. The summed E-state index contributed by atoms with van der Waals surface area (Å²) in [6.07, 6.45) is 4.13.